The first-order valence-electron chi connectivity index (χ1n) is 6.40. The Kier molecular flexibility index (Phi) is 4.86. The summed E-state index contributed by atoms with van der Waals surface area (Å²) < 4.78 is 6.78. The van der Waals surface area contributed by atoms with E-state index in [1.165, 1.54) is 32.1 Å². The largest absolute Gasteiger partial charge is 0.491 e. The average Bonchev–Trinajstić information content (AvgIpc) is 2.38. The van der Waals surface area contributed by atoms with E-state index < -0.39 is 0 Å². The predicted octanol–water partition coefficient (Wildman–Crippen LogP) is 3.74. The second-order valence-corrected chi connectivity index (χ2v) is 5.66. The highest BCUT2D eigenvalue weighted by Crippen LogP contribution is 2.27. The van der Waals surface area contributed by atoms with Crippen LogP contribution < -0.4 is 10.5 Å². The second-order valence-electron chi connectivity index (χ2n) is 4.80. The fourth-order valence-electron chi connectivity index (χ4n) is 2.45. The summed E-state index contributed by atoms with van der Waals surface area (Å²) in [6, 6.07) is 8.09. The van der Waals surface area contributed by atoms with Crippen molar-refractivity contribution in [3.05, 3.63) is 28.7 Å². The van der Waals surface area contributed by atoms with Gasteiger partial charge in [-0.15, -0.1) is 0 Å². The molecule has 1 aromatic carbocycles. The van der Waals surface area contributed by atoms with Gasteiger partial charge in [-0.25, -0.2) is 0 Å². The third-order valence-electron chi connectivity index (χ3n) is 3.52. The minimum Gasteiger partial charge on any atom is -0.491 e. The van der Waals surface area contributed by atoms with Crippen molar-refractivity contribution in [1.29, 1.82) is 0 Å². The van der Waals surface area contributed by atoms with Crippen molar-refractivity contribution in [2.24, 2.45) is 11.7 Å². The molecule has 0 aromatic heterocycles. The summed E-state index contributed by atoms with van der Waals surface area (Å²) in [4.78, 5) is 0. The molecule has 0 amide bonds. The van der Waals surface area contributed by atoms with Crippen molar-refractivity contribution in [2.75, 3.05) is 6.61 Å². The minimum absolute atomic E-state index is 0.169. The van der Waals surface area contributed by atoms with E-state index in [4.69, 9.17) is 10.5 Å². The van der Waals surface area contributed by atoms with Crippen LogP contribution in [0.25, 0.3) is 0 Å². The van der Waals surface area contributed by atoms with E-state index in [2.05, 4.69) is 15.9 Å². The molecular formula is C14H20BrNO. The van der Waals surface area contributed by atoms with Crippen molar-refractivity contribution in [2.45, 2.75) is 38.1 Å². The summed E-state index contributed by atoms with van der Waals surface area (Å²) >= 11 is 3.48. The lowest BCUT2D eigenvalue weighted by atomic mass is 9.84. The van der Waals surface area contributed by atoms with Crippen molar-refractivity contribution in [3.8, 4) is 5.75 Å². The molecule has 0 saturated heterocycles. The van der Waals surface area contributed by atoms with Crippen LogP contribution in [0.2, 0.25) is 0 Å². The summed E-state index contributed by atoms with van der Waals surface area (Å²) in [5.74, 6) is 1.53. The normalized spacial score (nSPS) is 18.9. The molecule has 0 radical (unpaired) electrons. The smallest absolute Gasteiger partial charge is 0.133 e. The van der Waals surface area contributed by atoms with E-state index in [-0.39, 0.29) is 6.04 Å². The highest BCUT2D eigenvalue weighted by molar-refractivity contribution is 9.10. The van der Waals surface area contributed by atoms with Crippen molar-refractivity contribution < 1.29 is 4.74 Å². The summed E-state index contributed by atoms with van der Waals surface area (Å²) in [6.45, 7) is 0.618. The molecule has 0 aliphatic heterocycles. The zero-order chi connectivity index (χ0) is 12.1. The van der Waals surface area contributed by atoms with Crippen molar-refractivity contribution >= 4 is 15.9 Å². The van der Waals surface area contributed by atoms with Gasteiger partial charge in [0.15, 0.2) is 0 Å². The van der Waals surface area contributed by atoms with E-state index in [1.807, 2.05) is 24.3 Å². The molecule has 1 aliphatic carbocycles. The van der Waals surface area contributed by atoms with Gasteiger partial charge in [-0.2, -0.15) is 0 Å². The third kappa shape index (κ3) is 3.71. The van der Waals surface area contributed by atoms with Gasteiger partial charge in [-0.3, -0.25) is 0 Å². The Hall–Kier alpha value is -0.540. The van der Waals surface area contributed by atoms with Crippen LogP contribution in [0.4, 0.5) is 0 Å². The summed E-state index contributed by atoms with van der Waals surface area (Å²) in [6.07, 6.45) is 6.55. The Labute approximate surface area is 112 Å². The van der Waals surface area contributed by atoms with E-state index in [0.717, 1.165) is 10.2 Å². The van der Waals surface area contributed by atoms with Gasteiger partial charge in [0, 0.05) is 6.04 Å². The Morgan fingerprint density at radius 1 is 1.24 bits per heavy atom. The molecule has 0 spiro atoms. The van der Waals surface area contributed by atoms with Crippen LogP contribution in [0, 0.1) is 5.92 Å². The number of halogens is 1. The fourth-order valence-corrected chi connectivity index (χ4v) is 2.85. The number of benzene rings is 1. The summed E-state index contributed by atoms with van der Waals surface area (Å²) in [5, 5.41) is 0. The van der Waals surface area contributed by atoms with Gasteiger partial charge in [-0.05, 0) is 46.8 Å². The molecule has 2 nitrogen and oxygen atoms in total. The van der Waals surface area contributed by atoms with Gasteiger partial charge in [0.25, 0.3) is 0 Å². The van der Waals surface area contributed by atoms with Crippen LogP contribution >= 0.6 is 15.9 Å². The SMILES string of the molecule is NC(COc1ccccc1Br)C1CCCCC1. The molecule has 0 heterocycles. The molecule has 1 aliphatic rings. The predicted molar refractivity (Wildman–Crippen MR) is 74.2 cm³/mol. The maximum atomic E-state index is 6.21. The molecule has 1 atom stereocenters. The van der Waals surface area contributed by atoms with Crippen LogP contribution in [-0.2, 0) is 0 Å². The molecule has 1 unspecified atom stereocenters. The highest BCUT2D eigenvalue weighted by Gasteiger charge is 2.21. The molecule has 94 valence electrons. The van der Waals surface area contributed by atoms with Gasteiger partial charge >= 0.3 is 0 Å². The lowest BCUT2D eigenvalue weighted by Crippen LogP contribution is -2.37. The summed E-state index contributed by atoms with van der Waals surface area (Å²) in [7, 11) is 0. The molecular weight excluding hydrogens is 278 g/mol. The van der Waals surface area contributed by atoms with E-state index in [0.29, 0.717) is 12.5 Å². The summed E-state index contributed by atoms with van der Waals surface area (Å²) in [5.41, 5.74) is 6.21. The van der Waals surface area contributed by atoms with Gasteiger partial charge in [-0.1, -0.05) is 31.4 Å². The Bertz CT molecular complexity index is 350. The van der Waals surface area contributed by atoms with Crippen LogP contribution in [0.1, 0.15) is 32.1 Å². The zero-order valence-corrected chi connectivity index (χ0v) is 11.7. The highest BCUT2D eigenvalue weighted by atomic mass is 79.9. The lowest BCUT2D eigenvalue weighted by Gasteiger charge is -2.27. The monoisotopic (exact) mass is 297 g/mol. The Morgan fingerprint density at radius 2 is 1.94 bits per heavy atom. The van der Waals surface area contributed by atoms with E-state index >= 15 is 0 Å². The number of hydrogen-bond donors (Lipinski definition) is 1. The Morgan fingerprint density at radius 3 is 2.65 bits per heavy atom. The van der Waals surface area contributed by atoms with Gasteiger partial charge in [0.2, 0.25) is 0 Å². The first-order valence-corrected chi connectivity index (χ1v) is 7.19. The average molecular weight is 298 g/mol. The number of rotatable bonds is 4. The quantitative estimate of drug-likeness (QED) is 0.919. The van der Waals surface area contributed by atoms with Crippen LogP contribution in [0.5, 0.6) is 5.75 Å². The Balaban J connectivity index is 1.83. The number of hydrogen-bond acceptors (Lipinski definition) is 2. The second kappa shape index (κ2) is 6.41. The molecule has 3 heteroatoms. The minimum atomic E-state index is 0.169. The molecule has 1 fully saturated rings. The van der Waals surface area contributed by atoms with Gasteiger partial charge < -0.3 is 10.5 Å². The fraction of sp³-hybridized carbons (Fsp3) is 0.571. The van der Waals surface area contributed by atoms with E-state index in [9.17, 15) is 0 Å². The number of nitrogens with two attached hydrogens (primary N) is 1. The zero-order valence-electron chi connectivity index (χ0n) is 10.1. The standard InChI is InChI=1S/C14H20BrNO/c15-12-8-4-5-9-14(12)17-10-13(16)11-6-2-1-3-7-11/h4-5,8-9,11,13H,1-3,6-7,10,16H2. The third-order valence-corrected chi connectivity index (χ3v) is 4.18. The van der Waals surface area contributed by atoms with Crippen LogP contribution in [-0.4, -0.2) is 12.6 Å². The van der Waals surface area contributed by atoms with Gasteiger partial charge in [0.05, 0.1) is 4.47 Å². The van der Waals surface area contributed by atoms with Crippen molar-refractivity contribution in [3.63, 3.8) is 0 Å². The molecule has 1 saturated carbocycles. The van der Waals surface area contributed by atoms with Crippen LogP contribution in [0.15, 0.2) is 28.7 Å². The van der Waals surface area contributed by atoms with Crippen LogP contribution in [0.3, 0.4) is 0 Å². The first kappa shape index (κ1) is 12.9. The lowest BCUT2D eigenvalue weighted by molar-refractivity contribution is 0.213. The number of ether oxygens (including phenoxy) is 1. The first-order chi connectivity index (χ1) is 8.27. The molecule has 2 rings (SSSR count). The molecule has 17 heavy (non-hydrogen) atoms. The topological polar surface area (TPSA) is 35.2 Å². The molecule has 1 aromatic rings. The van der Waals surface area contributed by atoms with E-state index in [1.54, 1.807) is 0 Å². The van der Waals surface area contributed by atoms with Crippen molar-refractivity contribution in [1.82, 2.24) is 0 Å². The molecule has 0 bridgehead atoms. The molecule has 2 N–H and O–H groups in total. The van der Waals surface area contributed by atoms with Gasteiger partial charge in [0.1, 0.15) is 12.4 Å². The maximum absolute atomic E-state index is 6.21. The number of para-hydroxylation sites is 1. The maximum Gasteiger partial charge on any atom is 0.133 e.